The van der Waals surface area contributed by atoms with Crippen LogP contribution < -0.4 is 10.2 Å². The summed E-state index contributed by atoms with van der Waals surface area (Å²) < 4.78 is 4.77. The van der Waals surface area contributed by atoms with Gasteiger partial charge in [-0.2, -0.15) is 0 Å². The SMILES string of the molecule is CN/C=C(/CN1CCN(c2nccnc2-c2ccc(C(=O)OC)cc2)CC1)C(C)=N. The van der Waals surface area contributed by atoms with Crippen LogP contribution >= 0.6 is 0 Å². The molecule has 1 aromatic carbocycles. The number of carbonyl (C=O) groups excluding carboxylic acids is 1. The first-order valence-electron chi connectivity index (χ1n) is 9.92. The highest BCUT2D eigenvalue weighted by molar-refractivity contribution is 5.96. The van der Waals surface area contributed by atoms with Crippen LogP contribution in [0.2, 0.25) is 0 Å². The molecule has 158 valence electrons. The lowest BCUT2D eigenvalue weighted by Gasteiger charge is -2.36. The summed E-state index contributed by atoms with van der Waals surface area (Å²) in [6.45, 7) is 5.99. The number of esters is 1. The molecule has 1 saturated heterocycles. The standard InChI is InChI=1S/C22H28N6O2/c1-16(23)19(14-24-2)15-27-10-12-28(13-11-27)21-20(25-8-9-26-21)17-4-6-18(7-5-17)22(29)30-3/h4-9,14,23-24H,10-13,15H2,1-3H3/b19-14-,23-16?. The summed E-state index contributed by atoms with van der Waals surface area (Å²) in [5, 5.41) is 11.0. The number of anilines is 1. The first kappa shape index (κ1) is 21.4. The van der Waals surface area contributed by atoms with E-state index in [2.05, 4.69) is 25.1 Å². The smallest absolute Gasteiger partial charge is 0.337 e. The molecule has 8 nitrogen and oxygen atoms in total. The Balaban J connectivity index is 1.72. The van der Waals surface area contributed by atoms with Gasteiger partial charge in [-0.3, -0.25) is 9.88 Å². The van der Waals surface area contributed by atoms with Gasteiger partial charge in [0.2, 0.25) is 0 Å². The molecular formula is C22H28N6O2. The number of piperazine rings is 1. The Labute approximate surface area is 177 Å². The van der Waals surface area contributed by atoms with E-state index in [-0.39, 0.29) is 5.97 Å². The van der Waals surface area contributed by atoms with E-state index in [1.165, 1.54) is 7.11 Å². The third-order valence-electron chi connectivity index (χ3n) is 5.12. The molecule has 2 aromatic rings. The number of carbonyl (C=O) groups is 1. The summed E-state index contributed by atoms with van der Waals surface area (Å²) in [5.74, 6) is 0.487. The van der Waals surface area contributed by atoms with Crippen LogP contribution in [0.3, 0.4) is 0 Å². The summed E-state index contributed by atoms with van der Waals surface area (Å²) in [5.41, 5.74) is 3.79. The summed E-state index contributed by atoms with van der Waals surface area (Å²) in [4.78, 5) is 25.4. The van der Waals surface area contributed by atoms with Crippen LogP contribution in [0.25, 0.3) is 11.3 Å². The predicted octanol–water partition coefficient (Wildman–Crippen LogP) is 2.20. The lowest BCUT2D eigenvalue weighted by atomic mass is 10.1. The van der Waals surface area contributed by atoms with E-state index in [9.17, 15) is 4.79 Å². The Morgan fingerprint density at radius 2 is 1.83 bits per heavy atom. The van der Waals surface area contributed by atoms with Gasteiger partial charge >= 0.3 is 5.97 Å². The van der Waals surface area contributed by atoms with Crippen molar-refractivity contribution in [2.45, 2.75) is 6.92 Å². The maximum absolute atomic E-state index is 11.7. The quantitative estimate of drug-likeness (QED) is 0.536. The maximum atomic E-state index is 11.7. The van der Waals surface area contributed by atoms with Crippen LogP contribution in [0.1, 0.15) is 17.3 Å². The Bertz CT molecular complexity index is 917. The molecule has 0 spiro atoms. The minimum atomic E-state index is -0.358. The van der Waals surface area contributed by atoms with Crippen molar-refractivity contribution in [2.75, 3.05) is 51.8 Å². The van der Waals surface area contributed by atoms with Gasteiger partial charge in [-0.15, -0.1) is 0 Å². The zero-order valence-electron chi connectivity index (χ0n) is 17.7. The number of nitrogens with one attached hydrogen (secondary N) is 2. The Hall–Kier alpha value is -3.26. The van der Waals surface area contributed by atoms with Gasteiger partial charge in [0.25, 0.3) is 0 Å². The van der Waals surface area contributed by atoms with Gasteiger partial charge in [0, 0.05) is 75.2 Å². The third-order valence-corrected chi connectivity index (χ3v) is 5.12. The van der Waals surface area contributed by atoms with E-state index in [1.54, 1.807) is 24.5 Å². The first-order valence-corrected chi connectivity index (χ1v) is 9.92. The number of rotatable bonds is 7. The van der Waals surface area contributed by atoms with Crippen LogP contribution in [-0.2, 0) is 4.74 Å². The number of hydrogen-bond acceptors (Lipinski definition) is 8. The van der Waals surface area contributed by atoms with Crippen molar-refractivity contribution in [2.24, 2.45) is 0 Å². The van der Waals surface area contributed by atoms with Crippen molar-refractivity contribution in [1.82, 2.24) is 20.2 Å². The van der Waals surface area contributed by atoms with Crippen molar-refractivity contribution in [1.29, 1.82) is 5.41 Å². The average molecular weight is 409 g/mol. The Morgan fingerprint density at radius 3 is 2.43 bits per heavy atom. The summed E-state index contributed by atoms with van der Waals surface area (Å²) in [6.07, 6.45) is 5.29. The first-order chi connectivity index (χ1) is 14.5. The minimum absolute atomic E-state index is 0.358. The number of ether oxygens (including phenoxy) is 1. The highest BCUT2D eigenvalue weighted by atomic mass is 16.5. The van der Waals surface area contributed by atoms with Crippen molar-refractivity contribution in [3.63, 3.8) is 0 Å². The number of methoxy groups -OCH3 is 1. The van der Waals surface area contributed by atoms with Crippen LogP contribution in [0.4, 0.5) is 5.82 Å². The molecule has 1 fully saturated rings. The molecule has 0 bridgehead atoms. The fourth-order valence-corrected chi connectivity index (χ4v) is 3.45. The van der Waals surface area contributed by atoms with E-state index >= 15 is 0 Å². The van der Waals surface area contributed by atoms with Crippen LogP contribution in [0.15, 0.2) is 48.4 Å². The van der Waals surface area contributed by atoms with Gasteiger partial charge in [0.05, 0.1) is 12.7 Å². The predicted molar refractivity (Wildman–Crippen MR) is 118 cm³/mol. The summed E-state index contributed by atoms with van der Waals surface area (Å²) >= 11 is 0. The van der Waals surface area contributed by atoms with Crippen molar-refractivity contribution >= 4 is 17.5 Å². The monoisotopic (exact) mass is 408 g/mol. The van der Waals surface area contributed by atoms with Gasteiger partial charge in [0.1, 0.15) is 5.69 Å². The number of hydrogen-bond donors (Lipinski definition) is 2. The molecule has 0 unspecified atom stereocenters. The molecule has 0 amide bonds. The van der Waals surface area contributed by atoms with Crippen molar-refractivity contribution < 1.29 is 9.53 Å². The average Bonchev–Trinajstić information content (AvgIpc) is 2.79. The molecule has 0 atom stereocenters. The third kappa shape index (κ3) is 5.01. The van der Waals surface area contributed by atoms with E-state index in [4.69, 9.17) is 10.1 Å². The largest absolute Gasteiger partial charge is 0.465 e. The second-order valence-electron chi connectivity index (χ2n) is 7.14. The summed E-state index contributed by atoms with van der Waals surface area (Å²) in [7, 11) is 3.23. The molecule has 30 heavy (non-hydrogen) atoms. The zero-order chi connectivity index (χ0) is 21.5. The van der Waals surface area contributed by atoms with Gasteiger partial charge in [-0.1, -0.05) is 12.1 Å². The topological polar surface area (TPSA) is 94.4 Å². The summed E-state index contributed by atoms with van der Waals surface area (Å²) in [6, 6.07) is 7.23. The van der Waals surface area contributed by atoms with Gasteiger partial charge in [-0.25, -0.2) is 9.78 Å². The molecule has 0 aliphatic carbocycles. The molecule has 1 aromatic heterocycles. The fourth-order valence-electron chi connectivity index (χ4n) is 3.45. The molecule has 1 aliphatic heterocycles. The molecule has 0 saturated carbocycles. The zero-order valence-corrected chi connectivity index (χ0v) is 17.7. The van der Waals surface area contributed by atoms with E-state index in [0.29, 0.717) is 11.3 Å². The number of aromatic nitrogens is 2. The highest BCUT2D eigenvalue weighted by Gasteiger charge is 2.22. The molecule has 0 radical (unpaired) electrons. The Morgan fingerprint density at radius 1 is 1.17 bits per heavy atom. The van der Waals surface area contributed by atoms with Crippen molar-refractivity contribution in [3.05, 3.63) is 54.0 Å². The lowest BCUT2D eigenvalue weighted by molar-refractivity contribution is 0.0601. The van der Waals surface area contributed by atoms with Crippen LogP contribution in [0.5, 0.6) is 0 Å². The number of nitrogens with zero attached hydrogens (tertiary/aromatic N) is 4. The molecule has 2 N–H and O–H groups in total. The van der Waals surface area contributed by atoms with Crippen molar-refractivity contribution in [3.8, 4) is 11.3 Å². The van der Waals surface area contributed by atoms with Gasteiger partial charge in [0.15, 0.2) is 5.82 Å². The number of benzene rings is 1. The van der Waals surface area contributed by atoms with E-state index < -0.39 is 0 Å². The second kappa shape index (κ2) is 9.98. The van der Waals surface area contributed by atoms with Gasteiger partial charge < -0.3 is 20.4 Å². The fraction of sp³-hybridized carbons (Fsp3) is 0.364. The lowest BCUT2D eigenvalue weighted by Crippen LogP contribution is -2.47. The minimum Gasteiger partial charge on any atom is -0.465 e. The molecule has 8 heteroatoms. The van der Waals surface area contributed by atoms with E-state index in [1.807, 2.05) is 32.3 Å². The van der Waals surface area contributed by atoms with Crippen LogP contribution in [-0.4, -0.2) is 73.4 Å². The highest BCUT2D eigenvalue weighted by Crippen LogP contribution is 2.27. The second-order valence-corrected chi connectivity index (χ2v) is 7.14. The maximum Gasteiger partial charge on any atom is 0.337 e. The van der Waals surface area contributed by atoms with E-state index in [0.717, 1.165) is 55.4 Å². The molecule has 2 heterocycles. The molecule has 1 aliphatic rings. The Kier molecular flexibility index (Phi) is 7.13. The molecular weight excluding hydrogens is 380 g/mol. The van der Waals surface area contributed by atoms with Gasteiger partial charge in [-0.05, 0) is 19.1 Å². The van der Waals surface area contributed by atoms with Crippen LogP contribution in [0, 0.1) is 5.41 Å². The molecule has 3 rings (SSSR count). The normalized spacial score (nSPS) is 15.0.